The van der Waals surface area contributed by atoms with E-state index in [4.69, 9.17) is 11.6 Å². The molecule has 0 heterocycles. The number of hydrogen-bond donors (Lipinski definition) is 2. The van der Waals surface area contributed by atoms with E-state index in [9.17, 15) is 4.79 Å². The summed E-state index contributed by atoms with van der Waals surface area (Å²) >= 11 is 5.86. The van der Waals surface area contributed by atoms with Gasteiger partial charge in [-0.3, -0.25) is 4.79 Å². The summed E-state index contributed by atoms with van der Waals surface area (Å²) in [7, 11) is 0. The quantitative estimate of drug-likeness (QED) is 0.855. The number of amides is 1. The molecule has 0 aliphatic carbocycles. The van der Waals surface area contributed by atoms with Crippen molar-refractivity contribution in [2.24, 2.45) is 0 Å². The molecule has 3 nitrogen and oxygen atoms in total. The van der Waals surface area contributed by atoms with Crippen molar-refractivity contribution in [3.63, 3.8) is 0 Å². The largest absolute Gasteiger partial charge is 0.381 e. The lowest BCUT2D eigenvalue weighted by Crippen LogP contribution is -2.24. The average molecular weight is 303 g/mol. The highest BCUT2D eigenvalue weighted by molar-refractivity contribution is 6.30. The highest BCUT2D eigenvalue weighted by Gasteiger charge is 2.02. The highest BCUT2D eigenvalue weighted by atomic mass is 35.5. The predicted molar refractivity (Wildman–Crippen MR) is 87.6 cm³/mol. The molecule has 0 atom stereocenters. The van der Waals surface area contributed by atoms with Gasteiger partial charge in [0.1, 0.15) is 0 Å². The van der Waals surface area contributed by atoms with E-state index < -0.39 is 0 Å². The van der Waals surface area contributed by atoms with Crippen LogP contribution in [-0.2, 0) is 17.8 Å². The third-order valence-corrected chi connectivity index (χ3v) is 3.35. The van der Waals surface area contributed by atoms with Crippen molar-refractivity contribution in [2.45, 2.75) is 19.9 Å². The van der Waals surface area contributed by atoms with Gasteiger partial charge in [0.2, 0.25) is 5.91 Å². The van der Waals surface area contributed by atoms with E-state index >= 15 is 0 Å². The molecule has 2 aromatic rings. The Bertz CT molecular complexity index is 579. The van der Waals surface area contributed by atoms with Crippen LogP contribution in [0.1, 0.15) is 18.1 Å². The van der Waals surface area contributed by atoms with Gasteiger partial charge in [-0.25, -0.2) is 0 Å². The number of hydrogen-bond acceptors (Lipinski definition) is 2. The Balaban J connectivity index is 1.87. The molecule has 0 fully saturated rings. The van der Waals surface area contributed by atoms with Crippen LogP contribution < -0.4 is 10.6 Å². The summed E-state index contributed by atoms with van der Waals surface area (Å²) in [4.78, 5) is 11.5. The third kappa shape index (κ3) is 5.12. The lowest BCUT2D eigenvalue weighted by Gasteiger charge is -2.08. The average Bonchev–Trinajstić information content (AvgIpc) is 2.48. The fourth-order valence-electron chi connectivity index (χ4n) is 1.99. The van der Waals surface area contributed by atoms with Crippen molar-refractivity contribution >= 4 is 23.2 Å². The van der Waals surface area contributed by atoms with Crippen LogP contribution in [0.2, 0.25) is 5.02 Å². The molecule has 110 valence electrons. The maximum Gasteiger partial charge on any atom is 0.224 e. The summed E-state index contributed by atoms with van der Waals surface area (Å²) in [6.45, 7) is 3.33. The van der Waals surface area contributed by atoms with Crippen LogP contribution >= 0.6 is 11.6 Å². The molecule has 0 aliphatic heterocycles. The molecule has 21 heavy (non-hydrogen) atoms. The maximum absolute atomic E-state index is 11.5. The molecule has 0 unspecified atom stereocenters. The van der Waals surface area contributed by atoms with Gasteiger partial charge >= 0.3 is 0 Å². The summed E-state index contributed by atoms with van der Waals surface area (Å²) in [6.07, 6.45) is 0.422. The van der Waals surface area contributed by atoms with Gasteiger partial charge in [-0.15, -0.1) is 0 Å². The lowest BCUT2D eigenvalue weighted by atomic mass is 10.1. The number of benzene rings is 2. The number of nitrogens with one attached hydrogen (secondary N) is 2. The Kier molecular flexibility index (Phi) is 5.64. The van der Waals surface area contributed by atoms with Gasteiger partial charge in [0, 0.05) is 23.8 Å². The van der Waals surface area contributed by atoms with Crippen molar-refractivity contribution in [1.29, 1.82) is 0 Å². The van der Waals surface area contributed by atoms with Gasteiger partial charge in [-0.1, -0.05) is 35.9 Å². The number of rotatable bonds is 6. The number of halogens is 1. The molecule has 0 radical (unpaired) electrons. The predicted octanol–water partition coefficient (Wildman–Crippen LogP) is 3.63. The third-order valence-electron chi connectivity index (χ3n) is 3.10. The van der Waals surface area contributed by atoms with Crippen molar-refractivity contribution in [1.82, 2.24) is 5.32 Å². The van der Waals surface area contributed by atoms with Gasteiger partial charge in [0.25, 0.3) is 0 Å². The fourth-order valence-corrected chi connectivity index (χ4v) is 2.12. The van der Waals surface area contributed by atoms with Crippen molar-refractivity contribution in [3.8, 4) is 0 Å². The zero-order valence-electron chi connectivity index (χ0n) is 12.0. The molecule has 1 amide bonds. The van der Waals surface area contributed by atoms with Crippen LogP contribution in [0.25, 0.3) is 0 Å². The monoisotopic (exact) mass is 302 g/mol. The molecule has 0 saturated carbocycles. The smallest absolute Gasteiger partial charge is 0.224 e. The first-order valence-corrected chi connectivity index (χ1v) is 7.39. The van der Waals surface area contributed by atoms with Crippen molar-refractivity contribution in [2.75, 3.05) is 11.9 Å². The Morgan fingerprint density at radius 1 is 1.00 bits per heavy atom. The first-order chi connectivity index (χ1) is 10.2. The second-order valence-electron chi connectivity index (χ2n) is 4.81. The minimum absolute atomic E-state index is 0.0550. The molecule has 0 spiro atoms. The first-order valence-electron chi connectivity index (χ1n) is 7.01. The molecule has 0 bridgehead atoms. The summed E-state index contributed by atoms with van der Waals surface area (Å²) in [5, 5.41) is 6.88. The summed E-state index contributed by atoms with van der Waals surface area (Å²) in [5.41, 5.74) is 3.22. The Morgan fingerprint density at radius 3 is 2.24 bits per heavy atom. The maximum atomic E-state index is 11.5. The van der Waals surface area contributed by atoms with Gasteiger partial charge in [0.05, 0.1) is 6.42 Å². The second-order valence-corrected chi connectivity index (χ2v) is 5.24. The molecule has 0 aromatic heterocycles. The van der Waals surface area contributed by atoms with Crippen LogP contribution in [0.15, 0.2) is 48.5 Å². The van der Waals surface area contributed by atoms with E-state index in [0.717, 1.165) is 22.8 Å². The Morgan fingerprint density at radius 2 is 1.62 bits per heavy atom. The van der Waals surface area contributed by atoms with E-state index in [-0.39, 0.29) is 5.91 Å². The van der Waals surface area contributed by atoms with Crippen LogP contribution in [0.4, 0.5) is 5.69 Å². The molecule has 2 N–H and O–H groups in total. The minimum Gasteiger partial charge on any atom is -0.381 e. The van der Waals surface area contributed by atoms with Crippen molar-refractivity contribution < 1.29 is 4.79 Å². The summed E-state index contributed by atoms with van der Waals surface area (Å²) < 4.78 is 0. The number of carbonyl (C=O) groups excluding carboxylic acids is 1. The van der Waals surface area contributed by atoms with Crippen LogP contribution in [0, 0.1) is 0 Å². The van der Waals surface area contributed by atoms with Gasteiger partial charge in [-0.05, 0) is 42.3 Å². The molecule has 0 aliphatic rings. The SMILES string of the molecule is CCNC(=O)Cc1ccc(NCc2ccc(Cl)cc2)cc1. The molecule has 4 heteroatoms. The molecule has 0 saturated heterocycles. The standard InChI is InChI=1S/C17H19ClN2O/c1-2-19-17(21)11-13-5-9-16(10-6-13)20-12-14-3-7-15(18)8-4-14/h3-10,20H,2,11-12H2,1H3,(H,19,21). The van der Waals surface area contributed by atoms with E-state index in [1.54, 1.807) is 0 Å². The molecule has 2 aromatic carbocycles. The zero-order chi connectivity index (χ0) is 15.1. The second kappa shape index (κ2) is 7.70. The minimum atomic E-state index is 0.0550. The fraction of sp³-hybridized carbons (Fsp3) is 0.235. The molecular weight excluding hydrogens is 284 g/mol. The van der Waals surface area contributed by atoms with Crippen LogP contribution in [0.3, 0.4) is 0 Å². The number of anilines is 1. The molecule has 2 rings (SSSR count). The lowest BCUT2D eigenvalue weighted by molar-refractivity contribution is -0.120. The Labute approximate surface area is 130 Å². The number of carbonyl (C=O) groups is 1. The zero-order valence-corrected chi connectivity index (χ0v) is 12.8. The first kappa shape index (κ1) is 15.4. The summed E-state index contributed by atoms with van der Waals surface area (Å²) in [6, 6.07) is 15.7. The van der Waals surface area contributed by atoms with E-state index in [0.29, 0.717) is 13.0 Å². The van der Waals surface area contributed by atoms with E-state index in [1.807, 2.05) is 55.5 Å². The van der Waals surface area contributed by atoms with Gasteiger partial charge < -0.3 is 10.6 Å². The number of likely N-dealkylation sites (N-methyl/N-ethyl adjacent to an activating group) is 1. The topological polar surface area (TPSA) is 41.1 Å². The van der Waals surface area contributed by atoms with Gasteiger partial charge in [0.15, 0.2) is 0 Å². The van der Waals surface area contributed by atoms with E-state index in [2.05, 4.69) is 10.6 Å². The van der Waals surface area contributed by atoms with Crippen LogP contribution in [0.5, 0.6) is 0 Å². The van der Waals surface area contributed by atoms with Crippen LogP contribution in [-0.4, -0.2) is 12.5 Å². The van der Waals surface area contributed by atoms with Crippen molar-refractivity contribution in [3.05, 3.63) is 64.7 Å². The Hall–Kier alpha value is -2.00. The molecular formula is C17H19ClN2O. The highest BCUT2D eigenvalue weighted by Crippen LogP contribution is 2.13. The van der Waals surface area contributed by atoms with E-state index in [1.165, 1.54) is 5.56 Å². The summed E-state index contributed by atoms with van der Waals surface area (Å²) in [5.74, 6) is 0.0550. The normalized spacial score (nSPS) is 10.2. The van der Waals surface area contributed by atoms with Gasteiger partial charge in [-0.2, -0.15) is 0 Å².